The second-order valence-corrected chi connectivity index (χ2v) is 5.04. The Labute approximate surface area is 110 Å². The third-order valence-electron chi connectivity index (χ3n) is 2.78. The van der Waals surface area contributed by atoms with Crippen molar-refractivity contribution >= 4 is 23.5 Å². The predicted octanol–water partition coefficient (Wildman–Crippen LogP) is 1.43. The fourth-order valence-electron chi connectivity index (χ4n) is 1.82. The van der Waals surface area contributed by atoms with Gasteiger partial charge in [0, 0.05) is 24.6 Å². The van der Waals surface area contributed by atoms with Gasteiger partial charge in [-0.05, 0) is 12.1 Å². The van der Waals surface area contributed by atoms with E-state index in [1.54, 1.807) is 6.07 Å². The first-order chi connectivity index (χ1) is 8.76. The van der Waals surface area contributed by atoms with Crippen LogP contribution in [0.5, 0.6) is 5.88 Å². The van der Waals surface area contributed by atoms with Crippen LogP contribution in [0.3, 0.4) is 0 Å². The van der Waals surface area contributed by atoms with E-state index in [0.717, 1.165) is 30.4 Å². The Morgan fingerprint density at radius 2 is 2.06 bits per heavy atom. The lowest BCUT2D eigenvalue weighted by Crippen LogP contribution is -2.33. The SMILES string of the molecule is COC(=O)c1ccc(N2CCSCC2)nc1OC. The van der Waals surface area contributed by atoms with Crippen LogP contribution in [0.4, 0.5) is 5.82 Å². The van der Waals surface area contributed by atoms with E-state index in [9.17, 15) is 4.79 Å². The van der Waals surface area contributed by atoms with Crippen LogP contribution in [-0.2, 0) is 4.74 Å². The molecular weight excluding hydrogens is 252 g/mol. The monoisotopic (exact) mass is 268 g/mol. The van der Waals surface area contributed by atoms with Crippen LogP contribution < -0.4 is 9.64 Å². The van der Waals surface area contributed by atoms with Gasteiger partial charge < -0.3 is 14.4 Å². The number of pyridine rings is 1. The molecule has 1 aliphatic rings. The second kappa shape index (κ2) is 5.95. The van der Waals surface area contributed by atoms with Crippen LogP contribution in [0.1, 0.15) is 10.4 Å². The highest BCUT2D eigenvalue weighted by molar-refractivity contribution is 7.99. The number of thioether (sulfide) groups is 1. The van der Waals surface area contributed by atoms with E-state index in [1.165, 1.54) is 14.2 Å². The van der Waals surface area contributed by atoms with Gasteiger partial charge in [-0.3, -0.25) is 0 Å². The fraction of sp³-hybridized carbons (Fsp3) is 0.500. The van der Waals surface area contributed by atoms with Crippen LogP contribution >= 0.6 is 11.8 Å². The molecular formula is C12H16N2O3S. The molecule has 2 heterocycles. The largest absolute Gasteiger partial charge is 0.480 e. The molecule has 0 radical (unpaired) electrons. The van der Waals surface area contributed by atoms with E-state index < -0.39 is 5.97 Å². The van der Waals surface area contributed by atoms with Crippen molar-refractivity contribution in [1.82, 2.24) is 4.98 Å². The normalized spacial score (nSPS) is 15.3. The Morgan fingerprint density at radius 1 is 1.33 bits per heavy atom. The molecule has 0 N–H and O–H groups in total. The van der Waals surface area contributed by atoms with Crippen LogP contribution in [0.25, 0.3) is 0 Å². The van der Waals surface area contributed by atoms with Gasteiger partial charge in [0.05, 0.1) is 14.2 Å². The molecule has 18 heavy (non-hydrogen) atoms. The summed E-state index contributed by atoms with van der Waals surface area (Å²) in [6.45, 7) is 1.94. The third kappa shape index (κ3) is 2.69. The summed E-state index contributed by atoms with van der Waals surface area (Å²) in [5, 5.41) is 0. The molecule has 0 bridgehead atoms. The molecule has 1 aromatic heterocycles. The summed E-state index contributed by atoms with van der Waals surface area (Å²) in [7, 11) is 2.85. The quantitative estimate of drug-likeness (QED) is 0.773. The minimum atomic E-state index is -0.430. The Hall–Kier alpha value is -1.43. The maximum atomic E-state index is 11.5. The summed E-state index contributed by atoms with van der Waals surface area (Å²) >= 11 is 1.94. The maximum absolute atomic E-state index is 11.5. The fourth-order valence-corrected chi connectivity index (χ4v) is 2.72. The lowest BCUT2D eigenvalue weighted by atomic mass is 10.2. The molecule has 0 amide bonds. The molecule has 2 rings (SSSR count). The number of methoxy groups -OCH3 is 2. The van der Waals surface area contributed by atoms with Gasteiger partial charge in [0.15, 0.2) is 0 Å². The minimum absolute atomic E-state index is 0.317. The van der Waals surface area contributed by atoms with Gasteiger partial charge in [0.25, 0.3) is 0 Å². The highest BCUT2D eigenvalue weighted by Gasteiger charge is 2.18. The van der Waals surface area contributed by atoms with Gasteiger partial charge in [-0.2, -0.15) is 16.7 Å². The average molecular weight is 268 g/mol. The molecule has 0 unspecified atom stereocenters. The number of carbonyl (C=O) groups is 1. The van der Waals surface area contributed by atoms with E-state index in [-0.39, 0.29) is 0 Å². The van der Waals surface area contributed by atoms with Gasteiger partial charge in [-0.25, -0.2) is 4.79 Å². The second-order valence-electron chi connectivity index (χ2n) is 3.82. The van der Waals surface area contributed by atoms with Gasteiger partial charge in [-0.1, -0.05) is 0 Å². The summed E-state index contributed by atoms with van der Waals surface area (Å²) in [5.41, 5.74) is 0.357. The van der Waals surface area contributed by atoms with E-state index in [1.807, 2.05) is 17.8 Å². The molecule has 0 spiro atoms. The topological polar surface area (TPSA) is 51.7 Å². The van der Waals surface area contributed by atoms with Crippen molar-refractivity contribution in [2.24, 2.45) is 0 Å². The first-order valence-electron chi connectivity index (χ1n) is 5.72. The van der Waals surface area contributed by atoms with E-state index in [0.29, 0.717) is 11.4 Å². The van der Waals surface area contributed by atoms with Gasteiger partial charge in [0.2, 0.25) is 5.88 Å². The predicted molar refractivity (Wildman–Crippen MR) is 71.7 cm³/mol. The molecule has 1 aliphatic heterocycles. The zero-order valence-corrected chi connectivity index (χ0v) is 11.3. The van der Waals surface area contributed by atoms with Crippen molar-refractivity contribution in [1.29, 1.82) is 0 Å². The number of rotatable bonds is 3. The molecule has 1 fully saturated rings. The van der Waals surface area contributed by atoms with E-state index in [2.05, 4.69) is 14.6 Å². The zero-order chi connectivity index (χ0) is 13.0. The number of hydrogen-bond donors (Lipinski definition) is 0. The Bertz CT molecular complexity index is 433. The lowest BCUT2D eigenvalue weighted by Gasteiger charge is -2.27. The van der Waals surface area contributed by atoms with Crippen molar-refractivity contribution < 1.29 is 14.3 Å². The van der Waals surface area contributed by atoms with Crippen LogP contribution in [0.15, 0.2) is 12.1 Å². The molecule has 0 aromatic carbocycles. The Morgan fingerprint density at radius 3 is 2.67 bits per heavy atom. The first kappa shape index (κ1) is 13.0. The number of anilines is 1. The summed E-state index contributed by atoms with van der Waals surface area (Å²) < 4.78 is 9.84. The molecule has 98 valence electrons. The third-order valence-corrected chi connectivity index (χ3v) is 3.72. The number of aromatic nitrogens is 1. The van der Waals surface area contributed by atoms with Crippen molar-refractivity contribution in [3.8, 4) is 5.88 Å². The summed E-state index contributed by atoms with van der Waals surface area (Å²) in [6, 6.07) is 3.54. The van der Waals surface area contributed by atoms with Crippen molar-refractivity contribution in [3.63, 3.8) is 0 Å². The molecule has 5 nitrogen and oxygen atoms in total. The van der Waals surface area contributed by atoms with Crippen molar-refractivity contribution in [2.75, 3.05) is 43.7 Å². The average Bonchev–Trinajstić information content (AvgIpc) is 2.46. The highest BCUT2D eigenvalue weighted by Crippen LogP contribution is 2.23. The number of hydrogen-bond acceptors (Lipinski definition) is 6. The first-order valence-corrected chi connectivity index (χ1v) is 6.87. The summed E-state index contributed by atoms with van der Waals surface area (Å²) in [4.78, 5) is 18.1. The Balaban J connectivity index is 2.26. The smallest absolute Gasteiger partial charge is 0.343 e. The van der Waals surface area contributed by atoms with E-state index >= 15 is 0 Å². The maximum Gasteiger partial charge on any atom is 0.343 e. The zero-order valence-electron chi connectivity index (χ0n) is 10.5. The Kier molecular flexibility index (Phi) is 4.30. The minimum Gasteiger partial charge on any atom is -0.480 e. The van der Waals surface area contributed by atoms with Crippen LogP contribution in [-0.4, -0.2) is 49.8 Å². The molecule has 0 atom stereocenters. The number of carbonyl (C=O) groups excluding carboxylic acids is 1. The van der Waals surface area contributed by atoms with E-state index in [4.69, 9.17) is 4.74 Å². The number of esters is 1. The molecule has 0 saturated carbocycles. The van der Waals surface area contributed by atoms with Crippen LogP contribution in [0.2, 0.25) is 0 Å². The molecule has 0 aliphatic carbocycles. The lowest BCUT2D eigenvalue weighted by molar-refractivity contribution is 0.0596. The van der Waals surface area contributed by atoms with Gasteiger partial charge in [-0.15, -0.1) is 0 Å². The summed E-state index contributed by atoms with van der Waals surface area (Å²) in [5.74, 6) is 2.93. The standard InChI is InChI=1S/C12H16N2O3S/c1-16-11-9(12(15)17-2)3-4-10(13-11)14-5-7-18-8-6-14/h3-4H,5-8H2,1-2H3. The number of nitrogens with zero attached hydrogens (tertiary/aromatic N) is 2. The molecule has 1 saturated heterocycles. The highest BCUT2D eigenvalue weighted by atomic mass is 32.2. The van der Waals surface area contributed by atoms with Crippen LogP contribution in [0, 0.1) is 0 Å². The molecule has 6 heteroatoms. The van der Waals surface area contributed by atoms with Crippen molar-refractivity contribution in [2.45, 2.75) is 0 Å². The van der Waals surface area contributed by atoms with Gasteiger partial charge in [0.1, 0.15) is 11.4 Å². The number of ether oxygens (including phenoxy) is 2. The van der Waals surface area contributed by atoms with Crippen molar-refractivity contribution in [3.05, 3.63) is 17.7 Å². The molecule has 1 aromatic rings. The van der Waals surface area contributed by atoms with Gasteiger partial charge >= 0.3 is 5.97 Å². The summed E-state index contributed by atoms with van der Waals surface area (Å²) in [6.07, 6.45) is 0.